The molecule has 0 spiro atoms. The first-order valence-corrected chi connectivity index (χ1v) is 9.67. The van der Waals surface area contributed by atoms with Crippen molar-refractivity contribution in [2.24, 2.45) is 0 Å². The molecule has 1 aromatic heterocycles. The number of amides is 1. The van der Waals surface area contributed by atoms with Gasteiger partial charge in [-0.1, -0.05) is 23.9 Å². The van der Waals surface area contributed by atoms with Crippen molar-refractivity contribution in [2.75, 3.05) is 38.5 Å². The number of nitrogens with zero attached hydrogens (tertiary/aromatic N) is 3. The zero-order valence-corrected chi connectivity index (χ0v) is 15.9. The standard InChI is InChI=1S/C18H26N4O2S/c1-18(2,3)24-17(23)22-10-8-21(9-11-22)12-13-25-16-19-14-6-4-5-7-15(14)20-16/h4-7H,8-13H2,1-3H3,(H,19,20). The van der Waals surface area contributed by atoms with Crippen LogP contribution in [0.25, 0.3) is 11.0 Å². The van der Waals surface area contributed by atoms with Crippen molar-refractivity contribution in [1.82, 2.24) is 19.8 Å². The lowest BCUT2D eigenvalue weighted by atomic mass is 10.2. The number of thioether (sulfide) groups is 1. The summed E-state index contributed by atoms with van der Waals surface area (Å²) in [5.74, 6) is 0.978. The van der Waals surface area contributed by atoms with Crippen LogP contribution < -0.4 is 0 Å². The van der Waals surface area contributed by atoms with Gasteiger partial charge in [-0.05, 0) is 32.9 Å². The zero-order valence-electron chi connectivity index (χ0n) is 15.1. The molecule has 1 saturated heterocycles. The molecule has 0 radical (unpaired) electrons. The molecule has 2 heterocycles. The van der Waals surface area contributed by atoms with Crippen molar-refractivity contribution in [3.63, 3.8) is 0 Å². The molecule has 0 bridgehead atoms. The van der Waals surface area contributed by atoms with Gasteiger partial charge in [0.15, 0.2) is 5.16 Å². The maximum absolute atomic E-state index is 12.1. The van der Waals surface area contributed by atoms with Gasteiger partial charge in [0.25, 0.3) is 0 Å². The number of nitrogens with one attached hydrogen (secondary N) is 1. The van der Waals surface area contributed by atoms with Crippen LogP contribution in [-0.2, 0) is 4.74 Å². The molecule has 0 saturated carbocycles. The van der Waals surface area contributed by atoms with Gasteiger partial charge < -0.3 is 14.6 Å². The van der Waals surface area contributed by atoms with Gasteiger partial charge in [0, 0.05) is 38.5 Å². The van der Waals surface area contributed by atoms with E-state index in [1.807, 2.05) is 45.0 Å². The topological polar surface area (TPSA) is 61.5 Å². The van der Waals surface area contributed by atoms with Crippen LogP contribution in [0.15, 0.2) is 29.4 Å². The highest BCUT2D eigenvalue weighted by Gasteiger charge is 2.25. The summed E-state index contributed by atoms with van der Waals surface area (Å²) in [6, 6.07) is 8.08. The number of benzene rings is 1. The molecule has 7 heteroatoms. The number of fused-ring (bicyclic) bond motifs is 1. The maximum atomic E-state index is 12.1. The van der Waals surface area contributed by atoms with Crippen molar-refractivity contribution >= 4 is 28.9 Å². The van der Waals surface area contributed by atoms with E-state index >= 15 is 0 Å². The number of hydrogen-bond acceptors (Lipinski definition) is 5. The fourth-order valence-electron chi connectivity index (χ4n) is 2.75. The van der Waals surface area contributed by atoms with Gasteiger partial charge in [-0.25, -0.2) is 9.78 Å². The lowest BCUT2D eigenvalue weighted by Gasteiger charge is -2.35. The molecule has 0 atom stereocenters. The number of ether oxygens (including phenoxy) is 1. The summed E-state index contributed by atoms with van der Waals surface area (Å²) >= 11 is 1.74. The number of para-hydroxylation sites is 2. The summed E-state index contributed by atoms with van der Waals surface area (Å²) in [7, 11) is 0. The van der Waals surface area contributed by atoms with Crippen LogP contribution in [0.3, 0.4) is 0 Å². The predicted octanol–water partition coefficient (Wildman–Crippen LogP) is 3.21. The lowest BCUT2D eigenvalue weighted by molar-refractivity contribution is 0.0150. The minimum Gasteiger partial charge on any atom is -0.444 e. The predicted molar refractivity (Wildman–Crippen MR) is 101 cm³/mol. The number of aromatic nitrogens is 2. The molecule has 1 fully saturated rings. The average molecular weight is 362 g/mol. The van der Waals surface area contributed by atoms with Crippen LogP contribution in [0.4, 0.5) is 4.79 Å². The van der Waals surface area contributed by atoms with Crippen LogP contribution in [0.1, 0.15) is 20.8 Å². The smallest absolute Gasteiger partial charge is 0.410 e. The van der Waals surface area contributed by atoms with Crippen molar-refractivity contribution in [2.45, 2.75) is 31.5 Å². The largest absolute Gasteiger partial charge is 0.444 e. The SMILES string of the molecule is CC(C)(C)OC(=O)N1CCN(CCSc2nc3ccccc3[nH]2)CC1. The van der Waals surface area contributed by atoms with Crippen LogP contribution in [-0.4, -0.2) is 69.9 Å². The van der Waals surface area contributed by atoms with E-state index in [1.165, 1.54) is 0 Å². The van der Waals surface area contributed by atoms with E-state index in [1.54, 1.807) is 16.7 Å². The molecule has 136 valence electrons. The van der Waals surface area contributed by atoms with Crippen LogP contribution >= 0.6 is 11.8 Å². The van der Waals surface area contributed by atoms with Gasteiger partial charge in [0.2, 0.25) is 0 Å². The first-order chi connectivity index (χ1) is 11.9. The monoisotopic (exact) mass is 362 g/mol. The van der Waals surface area contributed by atoms with Gasteiger partial charge in [-0.3, -0.25) is 4.90 Å². The molecule has 0 unspecified atom stereocenters. The summed E-state index contributed by atoms with van der Waals surface area (Å²) in [6.45, 7) is 9.92. The highest BCUT2D eigenvalue weighted by atomic mass is 32.2. The molecule has 1 amide bonds. The van der Waals surface area contributed by atoms with Gasteiger partial charge in [0.05, 0.1) is 11.0 Å². The van der Waals surface area contributed by atoms with Gasteiger partial charge >= 0.3 is 6.09 Å². The number of imidazole rings is 1. The van der Waals surface area contributed by atoms with E-state index in [2.05, 4.69) is 14.9 Å². The minimum atomic E-state index is -0.433. The number of rotatable bonds is 4. The number of piperazine rings is 1. The summed E-state index contributed by atoms with van der Waals surface area (Å²) in [6.07, 6.45) is -0.205. The summed E-state index contributed by atoms with van der Waals surface area (Å²) in [5, 5.41) is 0.966. The summed E-state index contributed by atoms with van der Waals surface area (Å²) in [5.41, 5.74) is 1.66. The number of aromatic amines is 1. The van der Waals surface area contributed by atoms with E-state index in [0.29, 0.717) is 0 Å². The van der Waals surface area contributed by atoms with E-state index in [0.717, 1.165) is 54.7 Å². The van der Waals surface area contributed by atoms with Gasteiger partial charge in [-0.2, -0.15) is 0 Å². The molecule has 0 aliphatic carbocycles. The van der Waals surface area contributed by atoms with E-state index in [9.17, 15) is 4.79 Å². The third-order valence-electron chi connectivity index (χ3n) is 4.04. The van der Waals surface area contributed by atoms with E-state index in [-0.39, 0.29) is 6.09 Å². The Balaban J connectivity index is 1.40. The van der Waals surface area contributed by atoms with Crippen molar-refractivity contribution < 1.29 is 9.53 Å². The summed E-state index contributed by atoms with van der Waals surface area (Å²) in [4.78, 5) is 24.2. The Labute approximate surface area is 152 Å². The zero-order chi connectivity index (χ0) is 17.9. The Bertz CT molecular complexity index is 684. The molecule has 1 aliphatic rings. The second kappa shape index (κ2) is 7.66. The molecule has 2 aromatic rings. The van der Waals surface area contributed by atoms with Crippen molar-refractivity contribution in [3.05, 3.63) is 24.3 Å². The minimum absolute atomic E-state index is 0.205. The van der Waals surface area contributed by atoms with Crippen molar-refractivity contribution in [1.29, 1.82) is 0 Å². The molecule has 1 aromatic carbocycles. The van der Waals surface area contributed by atoms with Crippen LogP contribution in [0, 0.1) is 0 Å². The fraction of sp³-hybridized carbons (Fsp3) is 0.556. The van der Waals surface area contributed by atoms with Gasteiger partial charge in [-0.15, -0.1) is 0 Å². The number of hydrogen-bond donors (Lipinski definition) is 1. The first-order valence-electron chi connectivity index (χ1n) is 8.68. The molecule has 1 N–H and O–H groups in total. The first kappa shape index (κ1) is 18.1. The Kier molecular flexibility index (Phi) is 5.54. The number of carbonyl (C=O) groups excluding carboxylic acids is 1. The van der Waals surface area contributed by atoms with Crippen LogP contribution in [0.5, 0.6) is 0 Å². The van der Waals surface area contributed by atoms with E-state index < -0.39 is 5.60 Å². The van der Waals surface area contributed by atoms with E-state index in [4.69, 9.17) is 4.74 Å². The third-order valence-corrected chi connectivity index (χ3v) is 4.89. The van der Waals surface area contributed by atoms with Crippen LogP contribution in [0.2, 0.25) is 0 Å². The summed E-state index contributed by atoms with van der Waals surface area (Å²) < 4.78 is 5.43. The Morgan fingerprint density at radius 1 is 1.24 bits per heavy atom. The van der Waals surface area contributed by atoms with Crippen molar-refractivity contribution in [3.8, 4) is 0 Å². The molecular formula is C18H26N4O2S. The maximum Gasteiger partial charge on any atom is 0.410 e. The number of H-pyrrole nitrogens is 1. The Hall–Kier alpha value is -1.73. The molecule has 3 rings (SSSR count). The molecule has 6 nitrogen and oxygen atoms in total. The number of carbonyl (C=O) groups is 1. The second-order valence-corrected chi connectivity index (χ2v) is 8.30. The average Bonchev–Trinajstić information content (AvgIpc) is 2.96. The quantitative estimate of drug-likeness (QED) is 0.846. The lowest BCUT2D eigenvalue weighted by Crippen LogP contribution is -2.50. The Morgan fingerprint density at radius 3 is 2.64 bits per heavy atom. The molecule has 1 aliphatic heterocycles. The second-order valence-electron chi connectivity index (χ2n) is 7.22. The Morgan fingerprint density at radius 2 is 1.96 bits per heavy atom. The molecular weight excluding hydrogens is 336 g/mol. The highest BCUT2D eigenvalue weighted by Crippen LogP contribution is 2.19. The third kappa shape index (κ3) is 5.12. The van der Waals surface area contributed by atoms with Gasteiger partial charge in [0.1, 0.15) is 5.60 Å². The highest BCUT2D eigenvalue weighted by molar-refractivity contribution is 7.99. The normalized spacial score (nSPS) is 16.4. The fourth-order valence-corrected chi connectivity index (χ4v) is 3.64. The molecule has 25 heavy (non-hydrogen) atoms.